The van der Waals surface area contributed by atoms with Gasteiger partial charge in [0.15, 0.2) is 5.82 Å². The number of carbonyl (C=O) groups excluding carboxylic acids is 1. The minimum absolute atomic E-state index is 0.0677. The van der Waals surface area contributed by atoms with E-state index in [0.29, 0.717) is 4.47 Å². The highest BCUT2D eigenvalue weighted by atomic mass is 79.9. The quantitative estimate of drug-likeness (QED) is 0.404. The molecule has 2 N–H and O–H groups in total. The number of nitro groups is 1. The number of non-ortho nitro benzene ring substituents is 1. The summed E-state index contributed by atoms with van der Waals surface area (Å²) in [6.45, 7) is 0.0677. The van der Waals surface area contributed by atoms with Crippen molar-refractivity contribution in [2.24, 2.45) is 0 Å². The normalized spacial score (nSPS) is 10.5. The third kappa shape index (κ3) is 4.65. The minimum Gasteiger partial charge on any atom is -0.307 e. The molecular formula is C17H12BrClFN5O3. The summed E-state index contributed by atoms with van der Waals surface area (Å²) < 4.78 is 15.8. The lowest BCUT2D eigenvalue weighted by atomic mass is 10.2. The second kappa shape index (κ2) is 8.36. The van der Waals surface area contributed by atoms with Crippen molar-refractivity contribution in [1.29, 1.82) is 0 Å². The summed E-state index contributed by atoms with van der Waals surface area (Å²) in [7, 11) is 0. The van der Waals surface area contributed by atoms with E-state index in [1.54, 1.807) is 12.3 Å². The van der Waals surface area contributed by atoms with E-state index in [-0.39, 0.29) is 34.3 Å². The molecular weight excluding hydrogens is 457 g/mol. The number of anilines is 2. The van der Waals surface area contributed by atoms with E-state index in [9.17, 15) is 19.3 Å². The predicted octanol–water partition coefficient (Wildman–Crippen LogP) is 5.04. The molecule has 0 aliphatic heterocycles. The molecule has 0 aliphatic rings. The molecule has 3 aromatic rings. The highest BCUT2D eigenvalue weighted by molar-refractivity contribution is 9.10. The van der Waals surface area contributed by atoms with Gasteiger partial charge in [-0.2, -0.15) is 5.10 Å². The van der Waals surface area contributed by atoms with Gasteiger partial charge in [-0.05, 0) is 34.1 Å². The summed E-state index contributed by atoms with van der Waals surface area (Å²) in [6, 6.07) is 9.25. The molecule has 2 aromatic carbocycles. The monoisotopic (exact) mass is 467 g/mol. The van der Waals surface area contributed by atoms with Crippen LogP contribution in [0.25, 0.3) is 0 Å². The van der Waals surface area contributed by atoms with Gasteiger partial charge >= 0.3 is 6.03 Å². The summed E-state index contributed by atoms with van der Waals surface area (Å²) in [5, 5.41) is 20.2. The van der Waals surface area contributed by atoms with Crippen LogP contribution in [0.4, 0.5) is 26.4 Å². The Labute approximate surface area is 171 Å². The van der Waals surface area contributed by atoms with E-state index in [0.717, 1.165) is 0 Å². The molecule has 0 bridgehead atoms. The van der Waals surface area contributed by atoms with E-state index in [1.165, 1.54) is 41.1 Å². The van der Waals surface area contributed by atoms with Gasteiger partial charge in [-0.3, -0.25) is 20.1 Å². The zero-order valence-electron chi connectivity index (χ0n) is 14.0. The fraction of sp³-hybridized carbons (Fsp3) is 0.0588. The maximum atomic E-state index is 13.9. The van der Waals surface area contributed by atoms with Gasteiger partial charge in [0.25, 0.3) is 5.69 Å². The zero-order valence-corrected chi connectivity index (χ0v) is 16.4. The fourth-order valence-electron chi connectivity index (χ4n) is 2.38. The van der Waals surface area contributed by atoms with Crippen LogP contribution in [0.3, 0.4) is 0 Å². The molecule has 144 valence electrons. The minimum atomic E-state index is -0.643. The van der Waals surface area contributed by atoms with Crippen LogP contribution in [0.5, 0.6) is 0 Å². The molecule has 0 atom stereocenters. The van der Waals surface area contributed by atoms with Crippen molar-refractivity contribution >= 4 is 50.8 Å². The molecule has 28 heavy (non-hydrogen) atoms. The third-order valence-corrected chi connectivity index (χ3v) is 4.58. The Hall–Kier alpha value is -2.98. The predicted molar refractivity (Wildman–Crippen MR) is 106 cm³/mol. The number of hydrogen-bond acceptors (Lipinski definition) is 4. The summed E-state index contributed by atoms with van der Waals surface area (Å²) in [5.74, 6) is -0.271. The van der Waals surface area contributed by atoms with Gasteiger partial charge in [-0.1, -0.05) is 23.7 Å². The second-order valence-electron chi connectivity index (χ2n) is 5.61. The molecule has 0 saturated carbocycles. The lowest BCUT2D eigenvalue weighted by Gasteiger charge is -2.07. The Morgan fingerprint density at radius 2 is 2.04 bits per heavy atom. The summed E-state index contributed by atoms with van der Waals surface area (Å²) >= 11 is 9.29. The van der Waals surface area contributed by atoms with E-state index in [1.807, 2.05) is 0 Å². The number of carbonyl (C=O) groups is 1. The Morgan fingerprint density at radius 1 is 1.29 bits per heavy atom. The van der Waals surface area contributed by atoms with Gasteiger partial charge in [0, 0.05) is 34.6 Å². The van der Waals surface area contributed by atoms with Crippen molar-refractivity contribution in [2.45, 2.75) is 6.54 Å². The summed E-state index contributed by atoms with van der Waals surface area (Å²) in [6.07, 6.45) is 1.56. The average molecular weight is 469 g/mol. The third-order valence-electron chi connectivity index (χ3n) is 3.65. The average Bonchev–Trinajstić information content (AvgIpc) is 2.97. The molecule has 3 rings (SSSR count). The molecule has 0 fully saturated rings. The molecule has 8 nitrogen and oxygen atoms in total. The molecule has 0 spiro atoms. The SMILES string of the molecule is O=C(Nc1cccc([N+](=O)[O-])c1)Nc1nn(Cc2c(F)cccc2Cl)cc1Br. The lowest BCUT2D eigenvalue weighted by Crippen LogP contribution is -2.20. The van der Waals surface area contributed by atoms with Crippen molar-refractivity contribution < 1.29 is 14.1 Å². The number of nitrogens with zero attached hydrogens (tertiary/aromatic N) is 3. The largest absolute Gasteiger partial charge is 0.324 e. The van der Waals surface area contributed by atoms with Crippen LogP contribution in [0, 0.1) is 15.9 Å². The summed E-state index contributed by atoms with van der Waals surface area (Å²) in [4.78, 5) is 22.4. The van der Waals surface area contributed by atoms with Gasteiger partial charge in [0.2, 0.25) is 0 Å². The summed E-state index contributed by atoms with van der Waals surface area (Å²) in [5.41, 5.74) is 0.372. The van der Waals surface area contributed by atoms with Crippen LogP contribution in [0.2, 0.25) is 5.02 Å². The number of aromatic nitrogens is 2. The second-order valence-corrected chi connectivity index (χ2v) is 6.87. The molecule has 1 heterocycles. The van der Waals surface area contributed by atoms with Gasteiger partial charge < -0.3 is 5.32 Å². The Bertz CT molecular complexity index is 1040. The molecule has 0 saturated heterocycles. The van der Waals surface area contributed by atoms with Crippen LogP contribution in [-0.2, 0) is 6.54 Å². The number of rotatable bonds is 5. The van der Waals surface area contributed by atoms with E-state index >= 15 is 0 Å². The maximum Gasteiger partial charge on any atom is 0.324 e. The Balaban J connectivity index is 1.70. The van der Waals surface area contributed by atoms with Crippen LogP contribution in [-0.4, -0.2) is 20.7 Å². The first-order valence-corrected chi connectivity index (χ1v) is 8.99. The van der Waals surface area contributed by atoms with E-state index < -0.39 is 16.8 Å². The topological polar surface area (TPSA) is 102 Å². The van der Waals surface area contributed by atoms with E-state index in [4.69, 9.17) is 11.6 Å². The van der Waals surface area contributed by atoms with Crippen LogP contribution in [0.1, 0.15) is 5.56 Å². The van der Waals surface area contributed by atoms with Crippen molar-refractivity contribution in [3.05, 3.63) is 79.7 Å². The van der Waals surface area contributed by atoms with Crippen molar-refractivity contribution in [1.82, 2.24) is 9.78 Å². The molecule has 2 amide bonds. The van der Waals surface area contributed by atoms with Crippen LogP contribution >= 0.6 is 27.5 Å². The standard InChI is InChI=1S/C17H12BrClFN5O3/c18-13-9-24(8-12-14(19)5-2-6-15(12)20)23-16(13)22-17(26)21-10-3-1-4-11(7-10)25(27)28/h1-7,9H,8H2,(H2,21,22,23,26). The number of benzene rings is 2. The first-order valence-electron chi connectivity index (χ1n) is 7.82. The molecule has 0 unspecified atom stereocenters. The van der Waals surface area contributed by atoms with Crippen molar-refractivity contribution in [3.63, 3.8) is 0 Å². The highest BCUT2D eigenvalue weighted by Gasteiger charge is 2.14. The highest BCUT2D eigenvalue weighted by Crippen LogP contribution is 2.24. The number of hydrogen-bond donors (Lipinski definition) is 2. The van der Waals surface area contributed by atoms with E-state index in [2.05, 4.69) is 31.7 Å². The van der Waals surface area contributed by atoms with Crippen molar-refractivity contribution in [3.8, 4) is 0 Å². The van der Waals surface area contributed by atoms with Gasteiger partial charge in [-0.25, -0.2) is 9.18 Å². The molecule has 0 aliphatic carbocycles. The first kappa shape index (κ1) is 19.8. The molecule has 0 radical (unpaired) electrons. The zero-order chi connectivity index (χ0) is 20.3. The van der Waals surface area contributed by atoms with Crippen LogP contribution in [0.15, 0.2) is 53.1 Å². The lowest BCUT2D eigenvalue weighted by molar-refractivity contribution is -0.384. The number of halogens is 3. The number of amides is 2. The van der Waals surface area contributed by atoms with Crippen molar-refractivity contribution in [2.75, 3.05) is 10.6 Å². The smallest absolute Gasteiger partial charge is 0.307 e. The van der Waals surface area contributed by atoms with Crippen LogP contribution < -0.4 is 10.6 Å². The Kier molecular flexibility index (Phi) is 5.90. The fourth-order valence-corrected chi connectivity index (χ4v) is 3.01. The number of nitro benzene ring substituents is 1. The first-order chi connectivity index (χ1) is 13.3. The molecule has 1 aromatic heterocycles. The van der Waals surface area contributed by atoms with Gasteiger partial charge in [0.05, 0.1) is 15.9 Å². The maximum absolute atomic E-state index is 13.9. The number of urea groups is 1. The number of nitrogens with one attached hydrogen (secondary N) is 2. The van der Waals surface area contributed by atoms with Gasteiger partial charge in [-0.15, -0.1) is 0 Å². The molecule has 11 heteroatoms. The Morgan fingerprint density at radius 3 is 2.75 bits per heavy atom. The van der Waals surface area contributed by atoms with Gasteiger partial charge in [0.1, 0.15) is 5.82 Å².